The van der Waals surface area contributed by atoms with Crippen LogP contribution in [0.5, 0.6) is 0 Å². The van der Waals surface area contributed by atoms with Crippen LogP contribution in [0, 0.1) is 0 Å². The van der Waals surface area contributed by atoms with Crippen LogP contribution >= 0.6 is 22.6 Å². The van der Waals surface area contributed by atoms with E-state index in [-0.39, 0.29) is 0 Å². The van der Waals surface area contributed by atoms with Gasteiger partial charge in [0.05, 0.1) is 4.55 Å². The highest BCUT2D eigenvalue weighted by Gasteiger charge is 2.09. The largest absolute Gasteiger partial charge is 0.385 e. The molecule has 0 bridgehead atoms. The van der Waals surface area contributed by atoms with Gasteiger partial charge in [0.2, 0.25) is 0 Å². The highest BCUT2D eigenvalue weighted by Crippen LogP contribution is 2.28. The molecule has 0 saturated carbocycles. The van der Waals surface area contributed by atoms with Crippen molar-refractivity contribution < 1.29 is 0 Å². The summed E-state index contributed by atoms with van der Waals surface area (Å²) >= 11 is 2.41. The number of allylic oxidation sites excluding steroid dienone is 2. The minimum Gasteiger partial charge on any atom is -0.385 e. The quantitative estimate of drug-likeness (QED) is 0.347. The third-order valence-corrected chi connectivity index (χ3v) is 5.59. The average molecular weight is 459 g/mol. The highest BCUT2D eigenvalue weighted by atomic mass is 127. The Hall–Kier alpha value is -1.95. The van der Waals surface area contributed by atoms with Crippen molar-refractivity contribution in [3.05, 3.63) is 72.4 Å². The van der Waals surface area contributed by atoms with Crippen LogP contribution < -0.4 is 15.1 Å². The van der Waals surface area contributed by atoms with Gasteiger partial charge in [-0.15, -0.1) is 0 Å². The molecule has 136 valence electrons. The molecule has 0 amide bonds. The van der Waals surface area contributed by atoms with Gasteiger partial charge in [0.25, 0.3) is 0 Å². The van der Waals surface area contributed by atoms with E-state index in [9.17, 15) is 0 Å². The van der Waals surface area contributed by atoms with Gasteiger partial charge in [-0.3, -0.25) is 0 Å². The number of anilines is 3. The van der Waals surface area contributed by atoms with Crippen LogP contribution in [-0.2, 0) is 0 Å². The summed E-state index contributed by atoms with van der Waals surface area (Å²) in [4.78, 5) is 4.57. The third kappa shape index (κ3) is 4.23. The molecule has 0 saturated heterocycles. The van der Waals surface area contributed by atoms with Crippen molar-refractivity contribution in [2.45, 2.75) is 19.9 Å². The zero-order valence-electron chi connectivity index (χ0n) is 15.6. The molecule has 1 atom stereocenters. The van der Waals surface area contributed by atoms with Crippen molar-refractivity contribution in [1.82, 2.24) is 5.32 Å². The van der Waals surface area contributed by atoms with Gasteiger partial charge in [-0.05, 0) is 73.7 Å². The van der Waals surface area contributed by atoms with Gasteiger partial charge in [0.1, 0.15) is 0 Å². The molecule has 1 unspecified atom stereocenters. The Morgan fingerprint density at radius 1 is 0.962 bits per heavy atom. The predicted molar refractivity (Wildman–Crippen MR) is 123 cm³/mol. The number of dihydropyridines is 1. The van der Waals surface area contributed by atoms with Crippen molar-refractivity contribution in [2.75, 3.05) is 27.9 Å². The summed E-state index contributed by atoms with van der Waals surface area (Å²) in [6.07, 6.45) is 6.41. The van der Waals surface area contributed by atoms with Gasteiger partial charge < -0.3 is 15.1 Å². The van der Waals surface area contributed by atoms with Crippen LogP contribution in [0.1, 0.15) is 19.4 Å². The number of halogens is 1. The van der Waals surface area contributed by atoms with Gasteiger partial charge >= 0.3 is 0 Å². The molecule has 1 heterocycles. The fourth-order valence-corrected chi connectivity index (χ4v) is 3.98. The van der Waals surface area contributed by atoms with E-state index >= 15 is 0 Å². The molecule has 2 aromatic carbocycles. The maximum atomic E-state index is 3.28. The smallest absolute Gasteiger partial charge is 0.0699 e. The number of rotatable bonds is 6. The van der Waals surface area contributed by atoms with E-state index in [4.69, 9.17) is 0 Å². The summed E-state index contributed by atoms with van der Waals surface area (Å²) < 4.78 is 1.00. The van der Waals surface area contributed by atoms with Crippen molar-refractivity contribution in [3.63, 3.8) is 0 Å². The molecule has 0 spiro atoms. The van der Waals surface area contributed by atoms with E-state index in [2.05, 4.69) is 119 Å². The molecule has 2 aromatic rings. The van der Waals surface area contributed by atoms with Gasteiger partial charge in [0, 0.05) is 36.7 Å². The number of alkyl halides is 1. The standard InChI is InChI=1S/C22H26IN3/c1-4-26(16-23)22-11-9-21(10-12-22)25(3)20-7-5-18(6-8-20)19-13-14-24-17(2)15-19/h5-15,17,24H,4,16H2,1-3H3. The van der Waals surface area contributed by atoms with Gasteiger partial charge in [0.15, 0.2) is 0 Å². The van der Waals surface area contributed by atoms with Crippen LogP contribution in [0.4, 0.5) is 17.1 Å². The van der Waals surface area contributed by atoms with Crippen LogP contribution in [0.3, 0.4) is 0 Å². The van der Waals surface area contributed by atoms with Crippen molar-refractivity contribution >= 4 is 45.2 Å². The molecule has 26 heavy (non-hydrogen) atoms. The summed E-state index contributed by atoms with van der Waals surface area (Å²) in [6.45, 7) is 5.37. The summed E-state index contributed by atoms with van der Waals surface area (Å²) in [7, 11) is 2.12. The van der Waals surface area contributed by atoms with Gasteiger partial charge in [-0.25, -0.2) is 0 Å². The zero-order chi connectivity index (χ0) is 18.5. The van der Waals surface area contributed by atoms with Crippen LogP contribution in [0.2, 0.25) is 0 Å². The summed E-state index contributed by atoms with van der Waals surface area (Å²) in [5.41, 5.74) is 6.18. The van der Waals surface area contributed by atoms with Crippen molar-refractivity contribution in [2.24, 2.45) is 0 Å². The molecule has 0 fully saturated rings. The molecule has 0 aromatic heterocycles. The SMILES string of the molecule is CCN(CI)c1ccc(N(C)c2ccc(C3=CC(C)NC=C3)cc2)cc1. The fourth-order valence-electron chi connectivity index (χ4n) is 3.10. The maximum absolute atomic E-state index is 3.28. The average Bonchev–Trinajstić information content (AvgIpc) is 2.69. The monoisotopic (exact) mass is 459 g/mol. The zero-order valence-corrected chi connectivity index (χ0v) is 17.8. The summed E-state index contributed by atoms with van der Waals surface area (Å²) in [5.74, 6) is 0. The lowest BCUT2D eigenvalue weighted by Crippen LogP contribution is -2.20. The molecular weight excluding hydrogens is 433 g/mol. The molecular formula is C22H26IN3. The Labute approximate surface area is 170 Å². The number of hydrogen-bond donors (Lipinski definition) is 1. The molecule has 3 rings (SSSR count). The Balaban J connectivity index is 1.75. The lowest BCUT2D eigenvalue weighted by atomic mass is 10.0. The fraction of sp³-hybridized carbons (Fsp3) is 0.273. The molecule has 1 aliphatic heterocycles. The predicted octanol–water partition coefficient (Wildman–Crippen LogP) is 5.56. The summed E-state index contributed by atoms with van der Waals surface area (Å²) in [5, 5.41) is 3.28. The number of nitrogens with one attached hydrogen (secondary N) is 1. The van der Waals surface area contributed by atoms with Crippen LogP contribution in [0.25, 0.3) is 5.57 Å². The normalized spacial score (nSPS) is 16.0. The van der Waals surface area contributed by atoms with Crippen LogP contribution in [-0.4, -0.2) is 24.2 Å². The van der Waals surface area contributed by atoms with Crippen molar-refractivity contribution in [1.29, 1.82) is 0 Å². The van der Waals surface area contributed by atoms with Gasteiger partial charge in [-0.2, -0.15) is 0 Å². The van der Waals surface area contributed by atoms with E-state index < -0.39 is 0 Å². The Morgan fingerprint density at radius 3 is 2.08 bits per heavy atom. The van der Waals surface area contributed by atoms with E-state index in [1.165, 1.54) is 28.2 Å². The number of nitrogens with zero attached hydrogens (tertiary/aromatic N) is 2. The van der Waals surface area contributed by atoms with Crippen molar-refractivity contribution in [3.8, 4) is 0 Å². The van der Waals surface area contributed by atoms with E-state index in [0.717, 1.165) is 11.1 Å². The minimum atomic E-state index is 0.376. The first kappa shape index (κ1) is 18.8. The molecule has 1 aliphatic rings. The van der Waals surface area contributed by atoms with Gasteiger partial charge in [-0.1, -0.05) is 40.8 Å². The Morgan fingerprint density at radius 2 is 1.54 bits per heavy atom. The highest BCUT2D eigenvalue weighted by molar-refractivity contribution is 14.1. The second kappa shape index (κ2) is 8.62. The van der Waals surface area contributed by atoms with Crippen LogP contribution in [0.15, 0.2) is 66.9 Å². The van der Waals surface area contributed by atoms with E-state index in [1.807, 2.05) is 6.20 Å². The maximum Gasteiger partial charge on any atom is 0.0699 e. The van der Waals surface area contributed by atoms with E-state index in [1.54, 1.807) is 0 Å². The lowest BCUT2D eigenvalue weighted by Gasteiger charge is -2.23. The molecule has 3 nitrogen and oxygen atoms in total. The lowest BCUT2D eigenvalue weighted by molar-refractivity contribution is 0.764. The minimum absolute atomic E-state index is 0.376. The first-order valence-electron chi connectivity index (χ1n) is 9.02. The first-order valence-corrected chi connectivity index (χ1v) is 10.5. The Kier molecular flexibility index (Phi) is 6.25. The molecule has 4 heteroatoms. The second-order valence-corrected chi connectivity index (χ2v) is 7.19. The molecule has 1 N–H and O–H groups in total. The second-order valence-electron chi connectivity index (χ2n) is 6.51. The third-order valence-electron chi connectivity index (χ3n) is 4.77. The Bertz CT molecular complexity index is 774. The molecule has 0 radical (unpaired) electrons. The topological polar surface area (TPSA) is 18.5 Å². The number of hydrogen-bond acceptors (Lipinski definition) is 3. The van der Waals surface area contributed by atoms with E-state index in [0.29, 0.717) is 6.04 Å². The summed E-state index contributed by atoms with van der Waals surface area (Å²) in [6, 6.07) is 17.9. The molecule has 0 aliphatic carbocycles. The number of benzene rings is 2. The first-order chi connectivity index (χ1) is 12.6.